The maximum Gasteiger partial charge on any atom is 2.00 e. The van der Waals surface area contributed by atoms with Gasteiger partial charge in [-0.1, -0.05) is 36.4 Å². The number of rotatable bonds is 8. The average Bonchev–Trinajstić information content (AvgIpc) is 0.839. The predicted octanol–water partition coefficient (Wildman–Crippen LogP) is -3.52. The second-order valence-electron chi connectivity index (χ2n) is 15.0. The summed E-state index contributed by atoms with van der Waals surface area (Å²) in [5.41, 5.74) is 29.0. The van der Waals surface area contributed by atoms with Crippen LogP contribution in [0.1, 0.15) is 11.1 Å². The summed E-state index contributed by atoms with van der Waals surface area (Å²) in [6.07, 6.45) is 19.5. The summed E-state index contributed by atoms with van der Waals surface area (Å²) in [4.78, 5) is 66.5. The minimum Gasteiger partial charge on any atom is -0.508 e. The Hall–Kier alpha value is -11.4. The molecule has 0 unspecified atom stereocenters. The number of fused-ring (bicyclic) bond motifs is 2. The number of aromatic nitrogens is 6. The van der Waals surface area contributed by atoms with E-state index in [1.54, 1.807) is 0 Å². The fraction of sp³-hybridized carbons (Fsp3) is 0.120. The number of benzene rings is 3. The third kappa shape index (κ3) is 66.1. The van der Waals surface area contributed by atoms with Crippen molar-refractivity contribution in [3.05, 3.63) is 298 Å². The van der Waals surface area contributed by atoms with Gasteiger partial charge in [0.2, 0.25) is 0 Å². The van der Waals surface area contributed by atoms with Gasteiger partial charge < -0.3 is 180 Å². The van der Waals surface area contributed by atoms with E-state index < -0.39 is 30.5 Å². The Labute approximate surface area is 579 Å². The first-order valence-corrected chi connectivity index (χ1v) is 23.4. The largest absolute Gasteiger partial charge is 2.00 e. The topological polar surface area (TPSA) is 916 Å². The molecule has 6 aromatic heterocycles. The monoisotopic (exact) mass is 1590 g/mol. The van der Waals surface area contributed by atoms with Crippen molar-refractivity contribution in [3.63, 3.8) is 0 Å². The average molecular weight is 1590 g/mol. The molecule has 46 nitrogen and oxygen atoms in total. The number of hydrogen-bond acceptors (Lipinski definition) is 28. The van der Waals surface area contributed by atoms with E-state index in [-0.39, 0.29) is 107 Å². The number of phenolic OH excluding ortho intramolecular Hbond substituents is 2. The van der Waals surface area contributed by atoms with E-state index >= 15 is 0 Å². The van der Waals surface area contributed by atoms with Gasteiger partial charge in [0.05, 0.1) is 41.6 Å². The van der Waals surface area contributed by atoms with Gasteiger partial charge in [0.1, 0.15) is 11.5 Å². The number of aromatic hydroxyl groups is 2. The normalized spacial score (nSPS) is 7.88. The first-order valence-electron chi connectivity index (χ1n) is 23.4. The van der Waals surface area contributed by atoms with E-state index in [0.29, 0.717) is 26.2 Å². The Morgan fingerprint density at radius 2 is 0.520 bits per heavy atom. The molecular weight excluding hydrogens is 1520 g/mol. The summed E-state index contributed by atoms with van der Waals surface area (Å²) in [7, 11) is 0. The first kappa shape index (κ1) is 120. The minimum absolute atomic E-state index is 0. The minimum atomic E-state index is -1.75. The van der Waals surface area contributed by atoms with Gasteiger partial charge in [0, 0.05) is 110 Å². The fourth-order valence-electron chi connectivity index (χ4n) is 6.03. The quantitative estimate of drug-likeness (QED) is 0.0282. The van der Waals surface area contributed by atoms with Gasteiger partial charge >= 0.3 is 40.8 Å². The molecule has 3 aromatic carbocycles. The third-order valence-electron chi connectivity index (χ3n) is 9.18. The Kier molecular flexibility index (Phi) is 91.8. The number of nitrogens with zero attached hydrogens (tertiary/aromatic N) is 12. The second-order valence-corrected chi connectivity index (χ2v) is 15.0. The van der Waals surface area contributed by atoms with Crippen LogP contribution in [0.15, 0.2) is 195 Å². The molecular formula is C50H74N16O30Pd2. The van der Waals surface area contributed by atoms with Crippen LogP contribution >= 0.6 is 0 Å². The second kappa shape index (κ2) is 74.7. The molecule has 554 valence electrons. The van der Waals surface area contributed by atoms with E-state index in [9.17, 15) is 0 Å². The molecule has 9 rings (SSSR count). The summed E-state index contributed by atoms with van der Waals surface area (Å²) in [6.45, 7) is 4.05. The fourth-order valence-corrected chi connectivity index (χ4v) is 6.03. The molecule has 48 heteroatoms. The van der Waals surface area contributed by atoms with Crippen LogP contribution in [0, 0.1) is 91.9 Å². The van der Waals surface area contributed by atoms with Crippen LogP contribution in [0.25, 0.3) is 44.1 Å². The molecule has 98 heavy (non-hydrogen) atoms. The number of pyridine rings is 6. The zero-order valence-electron chi connectivity index (χ0n) is 50.3. The van der Waals surface area contributed by atoms with Gasteiger partial charge in [-0.05, 0) is 95.1 Å². The van der Waals surface area contributed by atoms with Crippen molar-refractivity contribution in [2.45, 2.75) is 13.1 Å². The Morgan fingerprint density at radius 1 is 0.316 bits per heavy atom. The molecule has 0 atom stereocenters. The third-order valence-corrected chi connectivity index (χ3v) is 9.18. The smallest absolute Gasteiger partial charge is 0.508 e. The molecule has 0 saturated heterocycles. The summed E-state index contributed by atoms with van der Waals surface area (Å²) in [5, 5.41) is 108. The Bertz CT molecular complexity index is 3050. The molecule has 0 radical (unpaired) electrons. The zero-order chi connectivity index (χ0) is 65.2. The molecule has 30 N–H and O–H groups in total. The SMILES string of the molecule is NCCN.NCCN.O.O.O.O.O.O.O.O.O.O.O=[N+]([O-])[O-].O=[N+]([O-])[O-].O=[N+]([O-])[O-].O=[N+]([O-])[O-].O=[N+]([O-])[O-].O=[N+]([O-])[O-].Oc1ccc(O)cc1.[Pd+2].[Pd+2].c1ccc2c(C[n+]3ccc(-c4ccncc4)cc3)ccnc2c1.c1ccc2c(C[n+]3ccc(-c4ccncc4)cc3)ccnc2c1. The van der Waals surface area contributed by atoms with E-state index in [2.05, 4.69) is 127 Å². The van der Waals surface area contributed by atoms with E-state index in [1.165, 1.54) is 68.4 Å². The van der Waals surface area contributed by atoms with Crippen LogP contribution in [0.2, 0.25) is 0 Å². The van der Waals surface area contributed by atoms with Gasteiger partial charge in [0.15, 0.2) is 37.9 Å². The Balaban J connectivity index is -0.0000000726. The number of nitrogens with two attached hydrogens (primary N) is 4. The van der Waals surface area contributed by atoms with Gasteiger partial charge in [0.25, 0.3) is 0 Å². The molecule has 9 aromatic rings. The molecule has 0 fully saturated rings. The van der Waals surface area contributed by atoms with Gasteiger partial charge in [-0.3, -0.25) is 19.9 Å². The number of phenols is 2. The molecule has 0 aliphatic rings. The van der Waals surface area contributed by atoms with Gasteiger partial charge in [-0.2, -0.15) is 0 Å². The van der Waals surface area contributed by atoms with Crippen molar-refractivity contribution in [2.75, 3.05) is 26.2 Å². The van der Waals surface area contributed by atoms with Crippen molar-refractivity contribution in [2.24, 2.45) is 22.9 Å². The standard InChI is InChI=1S/2C20H16N3.C6H6O2.2C2H8N2.6NO3.10H2O.2Pd/c2*1-2-4-20-19(3-1)18(7-12-22-20)15-23-13-8-17(9-14-23)16-5-10-21-11-6-16;7-5-1-2-6(8)4-3-5;2*3-1-2-4;6*2-1(3)4;;;;;;;;;;;;/h2*1-14H,15H2;1-4,7-8H;2*1-4H2;;;;;;;10*1H2;;/q2*+1;;;;6*-1;;;;;;;;;;;2*+2. The molecule has 6 heterocycles. The summed E-state index contributed by atoms with van der Waals surface area (Å²) < 4.78 is 4.37. The van der Waals surface area contributed by atoms with Crippen molar-refractivity contribution in [3.8, 4) is 33.8 Å². The molecule has 0 bridgehead atoms. The van der Waals surface area contributed by atoms with Crippen molar-refractivity contribution >= 4 is 21.8 Å². The molecule has 0 amide bonds. The van der Waals surface area contributed by atoms with E-state index in [4.69, 9.17) is 125 Å². The number of para-hydroxylation sites is 2. The molecule has 0 aliphatic heterocycles. The van der Waals surface area contributed by atoms with Gasteiger partial charge in [-0.25, -0.2) is 9.13 Å². The van der Waals surface area contributed by atoms with E-state index in [1.807, 2.05) is 73.6 Å². The molecule has 0 saturated carbocycles. The van der Waals surface area contributed by atoms with E-state index in [0.717, 1.165) is 24.1 Å². The van der Waals surface area contributed by atoms with Crippen molar-refractivity contribution < 1.29 is 145 Å². The zero-order valence-corrected chi connectivity index (χ0v) is 53.4. The molecule has 0 spiro atoms. The predicted molar refractivity (Wildman–Crippen MR) is 346 cm³/mol. The van der Waals surface area contributed by atoms with Crippen LogP contribution in [0.4, 0.5) is 0 Å². The van der Waals surface area contributed by atoms with Crippen molar-refractivity contribution in [1.29, 1.82) is 0 Å². The Morgan fingerprint density at radius 3 is 0.735 bits per heavy atom. The summed E-state index contributed by atoms with van der Waals surface area (Å²) >= 11 is 0. The summed E-state index contributed by atoms with van der Waals surface area (Å²) in [5.74, 6) is 0.339. The maximum absolute atomic E-state index is 8.65. The van der Waals surface area contributed by atoms with Crippen LogP contribution in [0.3, 0.4) is 0 Å². The van der Waals surface area contributed by atoms with Crippen LogP contribution in [-0.2, 0) is 53.9 Å². The first-order chi connectivity index (χ1) is 40.8. The van der Waals surface area contributed by atoms with Crippen LogP contribution in [0.5, 0.6) is 11.5 Å². The van der Waals surface area contributed by atoms with Crippen LogP contribution < -0.4 is 32.1 Å². The maximum atomic E-state index is 8.65. The van der Waals surface area contributed by atoms with Crippen LogP contribution in [-0.4, -0.2) is 142 Å². The van der Waals surface area contributed by atoms with Crippen molar-refractivity contribution in [1.82, 2.24) is 19.9 Å². The molecule has 0 aliphatic carbocycles. The summed E-state index contributed by atoms with van der Waals surface area (Å²) in [6, 6.07) is 43.1. The number of hydrogen-bond donors (Lipinski definition) is 6. The van der Waals surface area contributed by atoms with Gasteiger partial charge in [-0.15, -0.1) is 0 Å².